The minimum Gasteiger partial charge on any atom is -0.330 e. The molecule has 0 radical (unpaired) electrons. The van der Waals surface area contributed by atoms with Crippen LogP contribution in [0.4, 0.5) is 0 Å². The van der Waals surface area contributed by atoms with Crippen LogP contribution in [0, 0.1) is 6.92 Å². The van der Waals surface area contributed by atoms with Gasteiger partial charge in [-0.2, -0.15) is 0 Å². The number of halogens is 1. The van der Waals surface area contributed by atoms with Gasteiger partial charge in [-0.25, -0.2) is 8.42 Å². The Morgan fingerprint density at radius 1 is 1.38 bits per heavy atom. The minimum absolute atomic E-state index is 0.00782. The van der Waals surface area contributed by atoms with E-state index >= 15 is 0 Å². The highest BCUT2D eigenvalue weighted by molar-refractivity contribution is 7.90. The third kappa shape index (κ3) is 4.12. The first-order valence-corrected chi connectivity index (χ1v) is 7.30. The molecule has 16 heavy (non-hydrogen) atoms. The Bertz CT molecular complexity index is 457. The molecule has 0 aliphatic heterocycles. The largest absolute Gasteiger partial charge is 0.330 e. The Morgan fingerprint density at radius 2 is 2.06 bits per heavy atom. The molecule has 1 aromatic carbocycles. The van der Waals surface area contributed by atoms with Crippen LogP contribution in [0.1, 0.15) is 17.5 Å². The van der Waals surface area contributed by atoms with E-state index in [4.69, 9.17) is 17.3 Å². The van der Waals surface area contributed by atoms with Crippen molar-refractivity contribution >= 4 is 21.4 Å². The van der Waals surface area contributed by atoms with Gasteiger partial charge >= 0.3 is 0 Å². The van der Waals surface area contributed by atoms with Crippen LogP contribution < -0.4 is 5.73 Å². The molecule has 3 nitrogen and oxygen atoms in total. The molecule has 5 heteroatoms. The third-order valence-electron chi connectivity index (χ3n) is 2.24. The van der Waals surface area contributed by atoms with Gasteiger partial charge in [-0.3, -0.25) is 0 Å². The highest BCUT2D eigenvalue weighted by atomic mass is 35.5. The van der Waals surface area contributed by atoms with Crippen molar-refractivity contribution in [2.24, 2.45) is 5.73 Å². The van der Waals surface area contributed by atoms with Crippen LogP contribution in [0.5, 0.6) is 0 Å². The first kappa shape index (κ1) is 13.5. The maximum atomic E-state index is 11.7. The lowest BCUT2D eigenvalue weighted by Gasteiger charge is -2.06. The van der Waals surface area contributed by atoms with Crippen LogP contribution >= 0.6 is 11.6 Å². The van der Waals surface area contributed by atoms with Crippen molar-refractivity contribution in [3.8, 4) is 0 Å². The smallest absolute Gasteiger partial charge is 0.154 e. The molecule has 0 unspecified atom stereocenters. The molecule has 0 saturated carbocycles. The van der Waals surface area contributed by atoms with Gasteiger partial charge in [0.25, 0.3) is 0 Å². The molecular formula is C11H16ClNO2S. The van der Waals surface area contributed by atoms with Crippen LogP contribution in [-0.2, 0) is 15.6 Å². The van der Waals surface area contributed by atoms with Gasteiger partial charge in [-0.15, -0.1) is 0 Å². The summed E-state index contributed by atoms with van der Waals surface area (Å²) < 4.78 is 23.4. The maximum Gasteiger partial charge on any atom is 0.154 e. The number of benzene rings is 1. The average molecular weight is 262 g/mol. The fourth-order valence-electron chi connectivity index (χ4n) is 1.38. The van der Waals surface area contributed by atoms with Gasteiger partial charge in [0.15, 0.2) is 9.84 Å². The van der Waals surface area contributed by atoms with E-state index in [2.05, 4.69) is 0 Å². The summed E-state index contributed by atoms with van der Waals surface area (Å²) in [6.07, 6.45) is 0.492. The molecule has 0 amide bonds. The van der Waals surface area contributed by atoms with E-state index < -0.39 is 9.84 Å². The van der Waals surface area contributed by atoms with Gasteiger partial charge in [-0.05, 0) is 37.1 Å². The number of sulfone groups is 1. The van der Waals surface area contributed by atoms with E-state index in [1.54, 1.807) is 12.1 Å². The Hall–Kier alpha value is -0.580. The second-order valence-corrected chi connectivity index (χ2v) is 6.42. The van der Waals surface area contributed by atoms with Crippen molar-refractivity contribution in [1.29, 1.82) is 0 Å². The van der Waals surface area contributed by atoms with Crippen molar-refractivity contribution in [3.05, 3.63) is 34.3 Å². The zero-order valence-electron chi connectivity index (χ0n) is 9.24. The van der Waals surface area contributed by atoms with Crippen molar-refractivity contribution in [3.63, 3.8) is 0 Å². The molecular weight excluding hydrogens is 246 g/mol. The Kier molecular flexibility index (Phi) is 4.77. The molecule has 90 valence electrons. The molecule has 0 aromatic heterocycles. The molecule has 1 aromatic rings. The fraction of sp³-hybridized carbons (Fsp3) is 0.455. The highest BCUT2D eigenvalue weighted by Crippen LogP contribution is 2.20. The van der Waals surface area contributed by atoms with Crippen LogP contribution in [0.15, 0.2) is 18.2 Å². The maximum absolute atomic E-state index is 11.7. The van der Waals surface area contributed by atoms with Crippen molar-refractivity contribution in [1.82, 2.24) is 0 Å². The lowest BCUT2D eigenvalue weighted by molar-refractivity contribution is 0.593. The van der Waals surface area contributed by atoms with E-state index in [0.29, 0.717) is 23.6 Å². The van der Waals surface area contributed by atoms with Crippen LogP contribution in [0.25, 0.3) is 0 Å². The number of hydrogen-bond acceptors (Lipinski definition) is 3. The van der Waals surface area contributed by atoms with Gasteiger partial charge in [-0.1, -0.05) is 23.7 Å². The number of rotatable bonds is 5. The van der Waals surface area contributed by atoms with Crippen molar-refractivity contribution in [2.45, 2.75) is 19.1 Å². The molecule has 0 fully saturated rings. The summed E-state index contributed by atoms with van der Waals surface area (Å²) in [5.74, 6) is 0.111. The quantitative estimate of drug-likeness (QED) is 0.881. The lowest BCUT2D eigenvalue weighted by Crippen LogP contribution is -2.13. The predicted octanol–water partition coefficient (Wildman–Crippen LogP) is 1.91. The molecule has 0 spiro atoms. The van der Waals surface area contributed by atoms with Gasteiger partial charge in [0.1, 0.15) is 0 Å². The highest BCUT2D eigenvalue weighted by Gasteiger charge is 2.13. The van der Waals surface area contributed by atoms with E-state index in [9.17, 15) is 8.42 Å². The molecule has 1 rings (SSSR count). The van der Waals surface area contributed by atoms with Gasteiger partial charge in [0, 0.05) is 5.02 Å². The first-order valence-electron chi connectivity index (χ1n) is 5.10. The van der Waals surface area contributed by atoms with Gasteiger partial charge in [0.05, 0.1) is 11.5 Å². The fourth-order valence-corrected chi connectivity index (χ4v) is 3.24. The predicted molar refractivity (Wildman–Crippen MR) is 67.4 cm³/mol. The first-order chi connectivity index (χ1) is 7.44. The second kappa shape index (κ2) is 5.66. The SMILES string of the molecule is Cc1ccc(CS(=O)(=O)CCCN)c(Cl)c1. The van der Waals surface area contributed by atoms with Crippen LogP contribution in [-0.4, -0.2) is 20.7 Å². The average Bonchev–Trinajstić information content (AvgIpc) is 2.19. The zero-order chi connectivity index (χ0) is 12.2. The Morgan fingerprint density at radius 3 is 2.62 bits per heavy atom. The number of hydrogen-bond donors (Lipinski definition) is 1. The number of aryl methyl sites for hydroxylation is 1. The van der Waals surface area contributed by atoms with E-state index in [0.717, 1.165) is 5.56 Å². The summed E-state index contributed by atoms with van der Waals surface area (Å²) in [5, 5.41) is 0.510. The summed E-state index contributed by atoms with van der Waals surface area (Å²) in [6, 6.07) is 5.40. The monoisotopic (exact) mass is 261 g/mol. The summed E-state index contributed by atoms with van der Waals surface area (Å²) in [5.41, 5.74) is 6.97. The van der Waals surface area contributed by atoms with Crippen LogP contribution in [0.2, 0.25) is 5.02 Å². The van der Waals surface area contributed by atoms with Crippen LogP contribution in [0.3, 0.4) is 0 Å². The molecule has 2 N–H and O–H groups in total. The minimum atomic E-state index is -3.10. The molecule has 0 bridgehead atoms. The topological polar surface area (TPSA) is 60.2 Å². The Labute approximate surface area is 102 Å². The standard InChI is InChI=1S/C11H16ClNO2S/c1-9-3-4-10(11(12)7-9)8-16(14,15)6-2-5-13/h3-4,7H,2,5-6,8,13H2,1H3. The van der Waals surface area contributed by atoms with Gasteiger partial charge < -0.3 is 5.73 Å². The molecule has 0 aliphatic rings. The normalized spacial score (nSPS) is 11.7. The van der Waals surface area contributed by atoms with Gasteiger partial charge in [0.2, 0.25) is 0 Å². The molecule has 0 heterocycles. The Balaban J connectivity index is 2.80. The third-order valence-corrected chi connectivity index (χ3v) is 4.26. The van der Waals surface area contributed by atoms with E-state index in [-0.39, 0.29) is 11.5 Å². The summed E-state index contributed by atoms with van der Waals surface area (Å²) >= 11 is 5.98. The number of nitrogens with two attached hydrogens (primary N) is 1. The zero-order valence-corrected chi connectivity index (χ0v) is 10.8. The second-order valence-electron chi connectivity index (χ2n) is 3.83. The van der Waals surface area contributed by atoms with Crippen molar-refractivity contribution < 1.29 is 8.42 Å². The molecule has 0 saturated heterocycles. The molecule has 0 aliphatic carbocycles. The summed E-state index contributed by atoms with van der Waals surface area (Å²) in [4.78, 5) is 0. The van der Waals surface area contributed by atoms with E-state index in [1.165, 1.54) is 0 Å². The molecule has 0 atom stereocenters. The summed E-state index contributed by atoms with van der Waals surface area (Å²) in [6.45, 7) is 2.31. The lowest BCUT2D eigenvalue weighted by atomic mass is 10.2. The van der Waals surface area contributed by atoms with Crippen molar-refractivity contribution in [2.75, 3.05) is 12.3 Å². The van der Waals surface area contributed by atoms with E-state index in [1.807, 2.05) is 13.0 Å². The summed E-state index contributed by atoms with van der Waals surface area (Å²) in [7, 11) is -3.10.